The molecule has 0 saturated carbocycles. The van der Waals surface area contributed by atoms with E-state index in [0.717, 1.165) is 5.75 Å². The highest BCUT2D eigenvalue weighted by molar-refractivity contribution is 5.95. The highest BCUT2D eigenvalue weighted by atomic mass is 16.5. The Morgan fingerprint density at radius 2 is 1.50 bits per heavy atom. The average molecular weight is 429 g/mol. The van der Waals surface area contributed by atoms with Crippen molar-refractivity contribution in [3.8, 4) is 17.2 Å². The fourth-order valence-corrected chi connectivity index (χ4v) is 3.38. The zero-order valence-electron chi connectivity index (χ0n) is 17.9. The maximum Gasteiger partial charge on any atom is 0.274 e. The molecule has 0 atom stereocenters. The van der Waals surface area contributed by atoms with Crippen LogP contribution in [0.1, 0.15) is 12.6 Å². The van der Waals surface area contributed by atoms with E-state index in [1.54, 1.807) is 49.5 Å². The normalized spacial score (nSPS) is 10.7. The van der Waals surface area contributed by atoms with Gasteiger partial charge in [0.15, 0.2) is 0 Å². The summed E-state index contributed by atoms with van der Waals surface area (Å²) in [6.45, 7) is 2.55. The molecule has 4 rings (SSSR count). The highest BCUT2D eigenvalue weighted by Gasteiger charge is 2.12. The molecule has 3 aromatic carbocycles. The van der Waals surface area contributed by atoms with Crippen molar-refractivity contribution in [2.75, 3.05) is 11.9 Å². The number of carbonyl (C=O) groups is 1. The molecule has 0 unspecified atom stereocenters. The van der Waals surface area contributed by atoms with E-state index in [1.165, 1.54) is 4.68 Å². The average Bonchev–Trinajstić information content (AvgIpc) is 2.80. The summed E-state index contributed by atoms with van der Waals surface area (Å²) in [5, 5.41) is 8.37. The Hall–Kier alpha value is -4.13. The first-order valence-electron chi connectivity index (χ1n) is 10.3. The molecule has 162 valence electrons. The number of hydrogen-bond acceptors (Lipinski definition) is 5. The third-order valence-corrected chi connectivity index (χ3v) is 4.87. The lowest BCUT2D eigenvalue weighted by atomic mass is 10.1. The van der Waals surface area contributed by atoms with Crippen LogP contribution in [0.25, 0.3) is 10.8 Å². The van der Waals surface area contributed by atoms with Crippen molar-refractivity contribution in [3.05, 3.63) is 88.8 Å². The van der Waals surface area contributed by atoms with Crippen LogP contribution in [-0.4, -0.2) is 22.3 Å². The van der Waals surface area contributed by atoms with Gasteiger partial charge in [0.2, 0.25) is 5.91 Å². The first-order valence-corrected chi connectivity index (χ1v) is 10.3. The van der Waals surface area contributed by atoms with E-state index >= 15 is 0 Å². The summed E-state index contributed by atoms with van der Waals surface area (Å²) >= 11 is 0. The van der Waals surface area contributed by atoms with Crippen LogP contribution in [0.2, 0.25) is 0 Å². The predicted octanol–water partition coefficient (Wildman–Crippen LogP) is 4.31. The number of carbonyl (C=O) groups excluding carboxylic acids is 1. The van der Waals surface area contributed by atoms with E-state index in [4.69, 9.17) is 9.47 Å². The van der Waals surface area contributed by atoms with Crippen LogP contribution < -0.4 is 20.3 Å². The number of anilines is 1. The van der Waals surface area contributed by atoms with Gasteiger partial charge in [-0.2, -0.15) is 5.10 Å². The van der Waals surface area contributed by atoms with E-state index < -0.39 is 0 Å². The highest BCUT2D eigenvalue weighted by Crippen LogP contribution is 2.25. The third-order valence-electron chi connectivity index (χ3n) is 4.87. The van der Waals surface area contributed by atoms with Crippen LogP contribution in [0.15, 0.2) is 77.6 Å². The summed E-state index contributed by atoms with van der Waals surface area (Å²) in [7, 11) is 1.58. The van der Waals surface area contributed by atoms with Crippen molar-refractivity contribution in [1.82, 2.24) is 9.78 Å². The topological polar surface area (TPSA) is 82.4 Å². The van der Waals surface area contributed by atoms with Crippen molar-refractivity contribution in [2.24, 2.45) is 7.05 Å². The van der Waals surface area contributed by atoms with Crippen LogP contribution in [0, 0.1) is 0 Å². The predicted molar refractivity (Wildman–Crippen MR) is 123 cm³/mol. The van der Waals surface area contributed by atoms with E-state index in [-0.39, 0.29) is 17.9 Å². The molecule has 4 aromatic rings. The summed E-state index contributed by atoms with van der Waals surface area (Å²) in [5.41, 5.74) is 1.01. The minimum atomic E-state index is -0.221. The second kappa shape index (κ2) is 9.34. The lowest BCUT2D eigenvalue weighted by Crippen LogP contribution is -2.24. The molecule has 0 aliphatic heterocycles. The van der Waals surface area contributed by atoms with E-state index in [9.17, 15) is 9.59 Å². The van der Waals surface area contributed by atoms with Crippen molar-refractivity contribution in [2.45, 2.75) is 13.3 Å². The standard InChI is InChI=1S/C25H23N3O4/c1-3-31-18-12-14-20(15-13-18)32-19-10-8-17(9-11-19)26-24(29)16-23-21-6-4-5-7-22(21)25(30)28(2)27-23/h4-15H,3,16H2,1-2H3,(H,26,29). The lowest BCUT2D eigenvalue weighted by Gasteiger charge is -2.10. The fourth-order valence-electron chi connectivity index (χ4n) is 3.38. The smallest absolute Gasteiger partial charge is 0.274 e. The molecule has 0 bridgehead atoms. The summed E-state index contributed by atoms with van der Waals surface area (Å²) in [5.74, 6) is 1.91. The van der Waals surface area contributed by atoms with Gasteiger partial charge in [0.25, 0.3) is 5.56 Å². The van der Waals surface area contributed by atoms with Gasteiger partial charge < -0.3 is 14.8 Å². The molecule has 7 heteroatoms. The van der Waals surface area contributed by atoms with Crippen LogP contribution in [-0.2, 0) is 18.3 Å². The number of nitrogens with zero attached hydrogens (tertiary/aromatic N) is 2. The first-order chi connectivity index (χ1) is 15.5. The van der Waals surface area contributed by atoms with Gasteiger partial charge in [-0.15, -0.1) is 0 Å². The van der Waals surface area contributed by atoms with Gasteiger partial charge in [0.05, 0.1) is 24.1 Å². The molecule has 0 aliphatic carbocycles. The number of hydrogen-bond donors (Lipinski definition) is 1. The molecule has 0 spiro atoms. The largest absolute Gasteiger partial charge is 0.494 e. The SMILES string of the molecule is CCOc1ccc(Oc2ccc(NC(=O)Cc3nn(C)c(=O)c4ccccc34)cc2)cc1. The summed E-state index contributed by atoms with van der Waals surface area (Å²) in [6.07, 6.45) is 0.0546. The van der Waals surface area contributed by atoms with Gasteiger partial charge in [0, 0.05) is 18.1 Å². The fraction of sp³-hybridized carbons (Fsp3) is 0.160. The summed E-state index contributed by atoms with van der Waals surface area (Å²) in [6, 6.07) is 21.7. The monoisotopic (exact) mass is 429 g/mol. The van der Waals surface area contributed by atoms with Gasteiger partial charge in [0.1, 0.15) is 17.2 Å². The zero-order chi connectivity index (χ0) is 22.5. The Morgan fingerprint density at radius 1 is 0.906 bits per heavy atom. The van der Waals surface area contributed by atoms with Crippen molar-refractivity contribution < 1.29 is 14.3 Å². The molecule has 0 radical (unpaired) electrons. The van der Waals surface area contributed by atoms with E-state index in [0.29, 0.717) is 40.3 Å². The van der Waals surface area contributed by atoms with Gasteiger partial charge in [-0.1, -0.05) is 18.2 Å². The molecule has 1 N–H and O–H groups in total. The van der Waals surface area contributed by atoms with Crippen molar-refractivity contribution in [1.29, 1.82) is 0 Å². The molecule has 0 saturated heterocycles. The molecule has 1 aromatic heterocycles. The zero-order valence-corrected chi connectivity index (χ0v) is 17.9. The lowest BCUT2D eigenvalue weighted by molar-refractivity contribution is -0.115. The number of nitrogens with one attached hydrogen (secondary N) is 1. The number of aromatic nitrogens is 2. The number of benzene rings is 3. The Balaban J connectivity index is 1.42. The molecule has 0 fully saturated rings. The van der Waals surface area contributed by atoms with Crippen molar-refractivity contribution >= 4 is 22.4 Å². The Kier molecular flexibility index (Phi) is 6.17. The van der Waals surface area contributed by atoms with Crippen LogP contribution in [0.3, 0.4) is 0 Å². The number of rotatable bonds is 7. The van der Waals surface area contributed by atoms with Crippen LogP contribution in [0.4, 0.5) is 5.69 Å². The van der Waals surface area contributed by atoms with Crippen molar-refractivity contribution in [3.63, 3.8) is 0 Å². The number of aryl methyl sites for hydroxylation is 1. The maximum absolute atomic E-state index is 12.6. The second-order valence-corrected chi connectivity index (χ2v) is 7.18. The quantitative estimate of drug-likeness (QED) is 0.474. The molecule has 1 heterocycles. The molecule has 1 amide bonds. The minimum Gasteiger partial charge on any atom is -0.494 e. The van der Waals surface area contributed by atoms with Gasteiger partial charge >= 0.3 is 0 Å². The van der Waals surface area contributed by atoms with E-state index in [2.05, 4.69) is 10.4 Å². The van der Waals surface area contributed by atoms with Gasteiger partial charge in [-0.05, 0) is 61.5 Å². The Bertz CT molecular complexity index is 1300. The molecule has 0 aliphatic rings. The Labute approximate surface area is 185 Å². The van der Waals surface area contributed by atoms with E-state index in [1.807, 2.05) is 37.3 Å². The molecular weight excluding hydrogens is 406 g/mol. The maximum atomic E-state index is 12.6. The number of amides is 1. The third kappa shape index (κ3) is 4.78. The Morgan fingerprint density at radius 3 is 2.16 bits per heavy atom. The summed E-state index contributed by atoms with van der Waals surface area (Å²) in [4.78, 5) is 24.8. The van der Waals surface area contributed by atoms with Gasteiger partial charge in [-0.25, -0.2) is 4.68 Å². The molecular formula is C25H23N3O4. The van der Waals surface area contributed by atoms with Crippen LogP contribution >= 0.6 is 0 Å². The van der Waals surface area contributed by atoms with Gasteiger partial charge in [-0.3, -0.25) is 9.59 Å². The van der Waals surface area contributed by atoms with Crippen LogP contribution in [0.5, 0.6) is 17.2 Å². The summed E-state index contributed by atoms with van der Waals surface area (Å²) < 4.78 is 12.5. The number of fused-ring (bicyclic) bond motifs is 1. The minimum absolute atomic E-state index is 0.0546. The second-order valence-electron chi connectivity index (χ2n) is 7.18. The first kappa shape index (κ1) is 21.1. The molecule has 7 nitrogen and oxygen atoms in total. The molecule has 32 heavy (non-hydrogen) atoms. The number of ether oxygens (including phenoxy) is 2.